The molecule has 194 valence electrons. The molecular weight excluding hydrogens is 495 g/mol. The molecule has 4 rings (SSSR count). The van der Waals surface area contributed by atoms with E-state index in [2.05, 4.69) is 10.4 Å². The van der Waals surface area contributed by atoms with Gasteiger partial charge in [-0.25, -0.2) is 14.0 Å². The van der Waals surface area contributed by atoms with Crippen molar-refractivity contribution in [2.45, 2.75) is 51.7 Å². The first-order chi connectivity index (χ1) is 17.1. The van der Waals surface area contributed by atoms with Crippen LogP contribution in [0, 0.1) is 5.92 Å². The predicted molar refractivity (Wildman–Crippen MR) is 133 cm³/mol. The molecule has 0 bridgehead atoms. The van der Waals surface area contributed by atoms with E-state index in [0.717, 1.165) is 6.08 Å². The van der Waals surface area contributed by atoms with Gasteiger partial charge in [-0.3, -0.25) is 4.79 Å². The largest absolute Gasteiger partial charge is 0.412 e. The van der Waals surface area contributed by atoms with Gasteiger partial charge in [0.05, 0.1) is 11.1 Å². The fourth-order valence-corrected chi connectivity index (χ4v) is 4.79. The molecule has 0 unspecified atom stereocenters. The number of halogens is 4. The lowest BCUT2D eigenvalue weighted by Crippen LogP contribution is -2.42. The first-order valence-corrected chi connectivity index (χ1v) is 12.4. The highest BCUT2D eigenvalue weighted by Crippen LogP contribution is 2.32. The minimum Gasteiger partial charge on any atom is -0.386 e. The predicted octanol–water partition coefficient (Wildman–Crippen LogP) is 4.61. The summed E-state index contributed by atoms with van der Waals surface area (Å²) in [5.41, 5.74) is -0.232. The van der Waals surface area contributed by atoms with Gasteiger partial charge in [0, 0.05) is 55.0 Å². The third kappa shape index (κ3) is 5.38. The zero-order chi connectivity index (χ0) is 26.0. The molecule has 1 amide bonds. The second kappa shape index (κ2) is 10.5. The van der Waals surface area contributed by atoms with Crippen molar-refractivity contribution in [3.8, 4) is 0 Å². The van der Waals surface area contributed by atoms with Gasteiger partial charge in [-0.2, -0.15) is 13.2 Å². The van der Waals surface area contributed by atoms with E-state index in [1.807, 2.05) is 13.8 Å². The Kier molecular flexibility index (Phi) is 7.63. The van der Waals surface area contributed by atoms with Gasteiger partial charge in [0.2, 0.25) is 5.91 Å². The summed E-state index contributed by atoms with van der Waals surface area (Å²) in [6.45, 7) is 5.19. The molecule has 3 heterocycles. The van der Waals surface area contributed by atoms with E-state index in [1.54, 1.807) is 23.3 Å². The minimum atomic E-state index is -4.47. The Balaban J connectivity index is 1.76. The zero-order valence-electron chi connectivity index (χ0n) is 20.2. The first-order valence-electron chi connectivity index (χ1n) is 12.0. The molecule has 1 N–H and O–H groups in total. The Morgan fingerprint density at radius 2 is 1.86 bits per heavy atom. The van der Waals surface area contributed by atoms with Gasteiger partial charge < -0.3 is 10.2 Å². The molecule has 0 aromatic carbocycles. The maximum absolute atomic E-state index is 13.7. The second-order valence-corrected chi connectivity index (χ2v) is 9.75. The maximum Gasteiger partial charge on any atom is 0.412 e. The maximum atomic E-state index is 13.7. The topological polar surface area (TPSA) is 72.2 Å². The Morgan fingerprint density at radius 3 is 2.50 bits per heavy atom. The molecule has 1 aromatic rings. The monoisotopic (exact) mass is 523 g/mol. The van der Waals surface area contributed by atoms with Crippen LogP contribution in [0.25, 0.3) is 11.3 Å². The Labute approximate surface area is 212 Å². The normalized spacial score (nSPS) is 23.5. The fraction of sp³-hybridized carbons (Fsp3) is 0.480. The van der Waals surface area contributed by atoms with Crippen LogP contribution in [0.15, 0.2) is 52.0 Å². The van der Waals surface area contributed by atoms with Crippen LogP contribution in [-0.2, 0) is 4.79 Å². The van der Waals surface area contributed by atoms with Crippen molar-refractivity contribution in [3.05, 3.63) is 63.5 Å². The number of hydrogen-bond acceptors (Lipinski definition) is 4. The van der Waals surface area contributed by atoms with E-state index in [9.17, 15) is 22.8 Å². The van der Waals surface area contributed by atoms with Crippen molar-refractivity contribution < 1.29 is 18.0 Å². The van der Waals surface area contributed by atoms with Gasteiger partial charge >= 0.3 is 11.9 Å². The summed E-state index contributed by atoms with van der Waals surface area (Å²) in [6.07, 6.45) is 5.52. The molecule has 3 aliphatic rings. The quantitative estimate of drug-likeness (QED) is 0.585. The van der Waals surface area contributed by atoms with Crippen LogP contribution in [0.2, 0.25) is 0 Å². The number of aromatic nitrogens is 3. The van der Waals surface area contributed by atoms with Crippen molar-refractivity contribution in [1.29, 1.82) is 0 Å². The number of allylic oxidation sites excluding steroid dienone is 8. The summed E-state index contributed by atoms with van der Waals surface area (Å²) in [5.74, 6) is 0.248. The smallest absolute Gasteiger partial charge is 0.386 e. The standard InChI is InChI=1S/C25H29ClF3N5O2/c1-16(2)23(35)32-13-10-19(11-14-32)34-24(36)33(22(31-34)20-9-12-30-15-21(20)26)18-6-4-3-5-17(7-8-18)25(27,28)29/h3-4,7-9,15-16,19,30H,5-6,10-14H2,1-2H3/b4-3-,17-7+,18-8+. The molecule has 1 aliphatic carbocycles. The van der Waals surface area contributed by atoms with Crippen LogP contribution in [0.3, 0.4) is 0 Å². The summed E-state index contributed by atoms with van der Waals surface area (Å²) in [4.78, 5) is 27.9. The van der Waals surface area contributed by atoms with Crippen LogP contribution in [0.5, 0.6) is 0 Å². The van der Waals surface area contributed by atoms with Crippen LogP contribution >= 0.6 is 11.6 Å². The summed E-state index contributed by atoms with van der Waals surface area (Å²) in [5, 5.41) is 7.99. The first kappa shape index (κ1) is 26.1. The van der Waals surface area contributed by atoms with E-state index < -0.39 is 17.4 Å². The number of nitrogens with zero attached hydrogens (tertiary/aromatic N) is 4. The summed E-state index contributed by atoms with van der Waals surface area (Å²) in [6, 6.07) is -0.246. The third-order valence-electron chi connectivity index (χ3n) is 6.53. The van der Waals surface area contributed by atoms with Gasteiger partial charge in [0.25, 0.3) is 0 Å². The highest BCUT2D eigenvalue weighted by Gasteiger charge is 2.33. The number of carbonyl (C=O) groups excluding carboxylic acids is 1. The number of dihydropyridines is 1. The zero-order valence-corrected chi connectivity index (χ0v) is 20.9. The van der Waals surface area contributed by atoms with E-state index in [1.165, 1.54) is 21.4 Å². The number of piperidine rings is 1. The van der Waals surface area contributed by atoms with Crippen LogP contribution in [-0.4, -0.2) is 51.0 Å². The van der Waals surface area contributed by atoms with Crippen molar-refractivity contribution in [1.82, 2.24) is 24.6 Å². The van der Waals surface area contributed by atoms with Crippen LogP contribution < -0.4 is 11.0 Å². The van der Waals surface area contributed by atoms with Gasteiger partial charge in [0.15, 0.2) is 5.82 Å². The van der Waals surface area contributed by atoms with E-state index in [-0.39, 0.29) is 36.5 Å². The number of amides is 1. The fourth-order valence-electron chi connectivity index (χ4n) is 4.56. The molecule has 7 nitrogen and oxygen atoms in total. The highest BCUT2D eigenvalue weighted by molar-refractivity contribution is 6.36. The average Bonchev–Trinajstić information content (AvgIpc) is 3.15. The molecule has 11 heteroatoms. The Morgan fingerprint density at radius 1 is 1.17 bits per heavy atom. The third-order valence-corrected chi connectivity index (χ3v) is 6.84. The van der Waals surface area contributed by atoms with Gasteiger partial charge in [-0.1, -0.05) is 49.8 Å². The summed E-state index contributed by atoms with van der Waals surface area (Å²) < 4.78 is 42.9. The Bertz CT molecular complexity index is 1230. The number of alkyl halides is 3. The van der Waals surface area contributed by atoms with Crippen LogP contribution in [0.4, 0.5) is 13.2 Å². The minimum absolute atomic E-state index is 0.0718. The number of rotatable bonds is 4. The number of nitrogens with one attached hydrogen (secondary N) is 1. The van der Waals surface area contributed by atoms with Crippen molar-refractivity contribution in [2.24, 2.45) is 5.92 Å². The van der Waals surface area contributed by atoms with Crippen LogP contribution in [0.1, 0.15) is 51.4 Å². The number of carbonyl (C=O) groups is 1. The van der Waals surface area contributed by atoms with E-state index in [0.29, 0.717) is 48.8 Å². The van der Waals surface area contributed by atoms with Crippen molar-refractivity contribution in [2.75, 3.05) is 19.6 Å². The molecule has 0 spiro atoms. The lowest BCUT2D eigenvalue weighted by molar-refractivity contribution is -0.135. The van der Waals surface area contributed by atoms with Crippen molar-refractivity contribution >= 4 is 28.8 Å². The molecular formula is C25H29ClF3N5O2. The lowest BCUT2D eigenvalue weighted by atomic mass is 10.0. The molecule has 1 fully saturated rings. The summed E-state index contributed by atoms with van der Waals surface area (Å²) >= 11 is 6.43. The lowest BCUT2D eigenvalue weighted by Gasteiger charge is -2.32. The van der Waals surface area contributed by atoms with Crippen molar-refractivity contribution in [3.63, 3.8) is 0 Å². The molecule has 1 aromatic heterocycles. The van der Waals surface area contributed by atoms with Gasteiger partial charge in [-0.05, 0) is 25.3 Å². The van der Waals surface area contributed by atoms with E-state index in [4.69, 9.17) is 11.6 Å². The highest BCUT2D eigenvalue weighted by atomic mass is 35.5. The Hall–Kier alpha value is -3.01. The van der Waals surface area contributed by atoms with Gasteiger partial charge in [-0.15, -0.1) is 5.10 Å². The average molecular weight is 524 g/mol. The summed E-state index contributed by atoms with van der Waals surface area (Å²) in [7, 11) is 0. The molecule has 1 saturated heterocycles. The number of likely N-dealkylation sites (tertiary alicyclic amines) is 1. The molecule has 2 aliphatic heterocycles. The van der Waals surface area contributed by atoms with E-state index >= 15 is 0 Å². The SMILES string of the molecule is CC(C)C(=O)N1CCC(n2nc(C3=CCNC=C3Cl)n(/C3=C/C=C(/C(F)(F)F)C/C=C\C3)c2=O)CC1. The molecule has 0 radical (unpaired) electrons. The number of hydrogen-bond donors (Lipinski definition) is 1. The molecule has 0 saturated carbocycles. The molecule has 0 atom stereocenters. The second-order valence-electron chi connectivity index (χ2n) is 9.34. The molecule has 36 heavy (non-hydrogen) atoms. The van der Waals surface area contributed by atoms with Gasteiger partial charge in [0.1, 0.15) is 0 Å².